The summed E-state index contributed by atoms with van der Waals surface area (Å²) in [6.07, 6.45) is 0.205. The molecule has 3 rings (SSSR count). The molecule has 0 bridgehead atoms. The number of halogens is 2. The first-order valence-corrected chi connectivity index (χ1v) is 9.16. The van der Waals surface area contributed by atoms with Crippen LogP contribution in [-0.2, 0) is 4.79 Å². The van der Waals surface area contributed by atoms with E-state index in [4.69, 9.17) is 17.3 Å². The number of nitrogens with two attached hydrogens (primary N) is 1. The van der Waals surface area contributed by atoms with Crippen LogP contribution in [0.5, 0.6) is 0 Å². The maximum Gasteiger partial charge on any atom is 0.258 e. The van der Waals surface area contributed by atoms with Crippen molar-refractivity contribution in [2.24, 2.45) is 5.73 Å². The van der Waals surface area contributed by atoms with E-state index in [9.17, 15) is 14.0 Å². The molecular weight excluding hydrogens is 369 g/mol. The minimum absolute atomic E-state index is 0.0534. The van der Waals surface area contributed by atoms with E-state index >= 15 is 0 Å². The maximum absolute atomic E-state index is 14.0. The van der Waals surface area contributed by atoms with Gasteiger partial charge in [-0.25, -0.2) is 4.39 Å². The van der Waals surface area contributed by atoms with Crippen LogP contribution < -0.4 is 5.73 Å². The van der Waals surface area contributed by atoms with Crippen LogP contribution in [0.1, 0.15) is 28.4 Å². The summed E-state index contributed by atoms with van der Waals surface area (Å²) >= 11 is 5.97. The van der Waals surface area contributed by atoms with Crippen molar-refractivity contribution in [3.8, 4) is 0 Å². The molecule has 1 aliphatic heterocycles. The summed E-state index contributed by atoms with van der Waals surface area (Å²) in [4.78, 5) is 28.3. The first kappa shape index (κ1) is 19.3. The first-order valence-electron chi connectivity index (χ1n) is 8.79. The molecule has 0 spiro atoms. The molecule has 0 saturated carbocycles. The molecule has 1 aliphatic rings. The van der Waals surface area contributed by atoms with Crippen LogP contribution in [0.4, 0.5) is 4.39 Å². The van der Waals surface area contributed by atoms with Gasteiger partial charge in [0.25, 0.3) is 5.91 Å². The highest BCUT2D eigenvalue weighted by molar-refractivity contribution is 6.33. The Morgan fingerprint density at radius 3 is 2.26 bits per heavy atom. The van der Waals surface area contributed by atoms with Gasteiger partial charge in [0.05, 0.1) is 10.6 Å². The van der Waals surface area contributed by atoms with Gasteiger partial charge in [0, 0.05) is 38.6 Å². The Morgan fingerprint density at radius 1 is 1.00 bits per heavy atom. The van der Waals surface area contributed by atoms with Crippen molar-refractivity contribution < 1.29 is 14.0 Å². The molecular formula is C20H21ClFN3O2. The Morgan fingerprint density at radius 2 is 1.63 bits per heavy atom. The van der Waals surface area contributed by atoms with Gasteiger partial charge in [-0.3, -0.25) is 9.59 Å². The smallest absolute Gasteiger partial charge is 0.258 e. The van der Waals surface area contributed by atoms with E-state index in [0.29, 0.717) is 26.2 Å². The van der Waals surface area contributed by atoms with Gasteiger partial charge in [-0.05, 0) is 17.7 Å². The SMILES string of the molecule is NC(CC(=O)N1CCN(C(=O)c2c(F)cccc2Cl)CC1)c1ccccc1. The fourth-order valence-electron chi connectivity index (χ4n) is 3.15. The normalized spacial score (nSPS) is 15.5. The van der Waals surface area contributed by atoms with Crippen LogP contribution in [0, 0.1) is 5.82 Å². The monoisotopic (exact) mass is 389 g/mol. The zero-order chi connectivity index (χ0) is 19.4. The predicted molar refractivity (Wildman–Crippen MR) is 102 cm³/mol. The molecule has 1 unspecified atom stereocenters. The minimum Gasteiger partial charge on any atom is -0.339 e. The minimum atomic E-state index is -0.639. The molecule has 2 aromatic rings. The lowest BCUT2D eigenvalue weighted by Gasteiger charge is -2.35. The van der Waals surface area contributed by atoms with Crippen LogP contribution >= 0.6 is 11.6 Å². The van der Waals surface area contributed by atoms with E-state index in [2.05, 4.69) is 0 Å². The number of piperazine rings is 1. The Bertz CT molecular complexity index is 803. The quantitative estimate of drug-likeness (QED) is 0.874. The zero-order valence-corrected chi connectivity index (χ0v) is 15.5. The fourth-order valence-corrected chi connectivity index (χ4v) is 3.40. The number of hydrogen-bond donors (Lipinski definition) is 1. The number of carbonyl (C=O) groups excluding carboxylic acids is 2. The zero-order valence-electron chi connectivity index (χ0n) is 14.8. The Kier molecular flexibility index (Phi) is 6.08. The van der Waals surface area contributed by atoms with E-state index in [1.165, 1.54) is 23.1 Å². The second kappa shape index (κ2) is 8.50. The van der Waals surface area contributed by atoms with Crippen molar-refractivity contribution in [3.63, 3.8) is 0 Å². The van der Waals surface area contributed by atoms with Crippen molar-refractivity contribution in [1.29, 1.82) is 0 Å². The standard InChI is InChI=1S/C20H21ClFN3O2/c21-15-7-4-8-16(22)19(15)20(27)25-11-9-24(10-12-25)18(26)13-17(23)14-5-2-1-3-6-14/h1-8,17H,9-13,23H2. The molecule has 7 heteroatoms. The summed E-state index contributed by atoms with van der Waals surface area (Å²) in [6, 6.07) is 13.3. The third-order valence-electron chi connectivity index (χ3n) is 4.72. The van der Waals surface area contributed by atoms with E-state index < -0.39 is 11.7 Å². The topological polar surface area (TPSA) is 66.6 Å². The molecule has 2 amide bonds. The summed E-state index contributed by atoms with van der Waals surface area (Å²) in [5, 5.41) is 0.0901. The lowest BCUT2D eigenvalue weighted by molar-refractivity contribution is -0.133. The molecule has 5 nitrogen and oxygen atoms in total. The molecule has 0 aliphatic carbocycles. The van der Waals surface area contributed by atoms with Gasteiger partial charge in [-0.2, -0.15) is 0 Å². The van der Waals surface area contributed by atoms with Crippen molar-refractivity contribution in [3.05, 3.63) is 70.5 Å². The van der Waals surface area contributed by atoms with Crippen molar-refractivity contribution in [1.82, 2.24) is 9.80 Å². The van der Waals surface area contributed by atoms with Crippen molar-refractivity contribution >= 4 is 23.4 Å². The van der Waals surface area contributed by atoms with Gasteiger partial charge in [-0.15, -0.1) is 0 Å². The lowest BCUT2D eigenvalue weighted by Crippen LogP contribution is -2.51. The van der Waals surface area contributed by atoms with Gasteiger partial charge in [0.15, 0.2) is 0 Å². The van der Waals surface area contributed by atoms with Gasteiger partial charge >= 0.3 is 0 Å². The second-order valence-electron chi connectivity index (χ2n) is 6.49. The predicted octanol–water partition coefficient (Wildman–Crippen LogP) is 2.85. The molecule has 27 heavy (non-hydrogen) atoms. The largest absolute Gasteiger partial charge is 0.339 e. The summed E-state index contributed by atoms with van der Waals surface area (Å²) in [7, 11) is 0. The highest BCUT2D eigenvalue weighted by Gasteiger charge is 2.28. The molecule has 1 saturated heterocycles. The van der Waals surface area contributed by atoms with Gasteiger partial charge < -0.3 is 15.5 Å². The third kappa shape index (κ3) is 4.46. The van der Waals surface area contributed by atoms with Crippen LogP contribution in [-0.4, -0.2) is 47.8 Å². The molecule has 142 valence electrons. The molecule has 2 N–H and O–H groups in total. The molecule has 1 heterocycles. The molecule has 0 aromatic heterocycles. The van der Waals surface area contributed by atoms with Crippen LogP contribution in [0.3, 0.4) is 0 Å². The second-order valence-corrected chi connectivity index (χ2v) is 6.90. The van der Waals surface area contributed by atoms with Crippen molar-refractivity contribution in [2.75, 3.05) is 26.2 Å². The molecule has 0 radical (unpaired) electrons. The van der Waals surface area contributed by atoms with Crippen LogP contribution in [0.15, 0.2) is 48.5 Å². The van der Waals surface area contributed by atoms with E-state index in [1.807, 2.05) is 30.3 Å². The van der Waals surface area contributed by atoms with E-state index in [-0.39, 0.29) is 29.0 Å². The van der Waals surface area contributed by atoms with E-state index in [0.717, 1.165) is 5.56 Å². The Balaban J connectivity index is 1.57. The number of amides is 2. The summed E-state index contributed by atoms with van der Waals surface area (Å²) in [5.41, 5.74) is 6.91. The van der Waals surface area contributed by atoms with Crippen LogP contribution in [0.25, 0.3) is 0 Å². The van der Waals surface area contributed by atoms with E-state index in [1.54, 1.807) is 4.90 Å². The van der Waals surface area contributed by atoms with Crippen molar-refractivity contribution in [2.45, 2.75) is 12.5 Å². The lowest BCUT2D eigenvalue weighted by atomic mass is 10.0. The summed E-state index contributed by atoms with van der Waals surface area (Å²) in [5.74, 6) is -1.14. The number of carbonyl (C=O) groups is 2. The molecule has 2 aromatic carbocycles. The Labute approximate surface area is 162 Å². The fraction of sp³-hybridized carbons (Fsp3) is 0.300. The highest BCUT2D eigenvalue weighted by Crippen LogP contribution is 2.22. The maximum atomic E-state index is 14.0. The van der Waals surface area contributed by atoms with Gasteiger partial charge in [-0.1, -0.05) is 48.0 Å². The number of hydrogen-bond acceptors (Lipinski definition) is 3. The third-order valence-corrected chi connectivity index (χ3v) is 5.03. The van der Waals surface area contributed by atoms with Gasteiger partial charge in [0.2, 0.25) is 5.91 Å². The first-order chi connectivity index (χ1) is 13.0. The Hall–Kier alpha value is -2.44. The van der Waals surface area contributed by atoms with Crippen LogP contribution in [0.2, 0.25) is 5.02 Å². The van der Waals surface area contributed by atoms with Gasteiger partial charge in [0.1, 0.15) is 5.82 Å². The summed E-state index contributed by atoms with van der Waals surface area (Å²) in [6.45, 7) is 1.43. The molecule has 1 atom stereocenters. The highest BCUT2D eigenvalue weighted by atomic mass is 35.5. The number of rotatable bonds is 4. The molecule has 1 fully saturated rings. The summed E-state index contributed by atoms with van der Waals surface area (Å²) < 4.78 is 14.0. The number of benzene rings is 2. The average Bonchev–Trinajstić information content (AvgIpc) is 2.68. The number of nitrogens with zero attached hydrogens (tertiary/aromatic N) is 2. The average molecular weight is 390 g/mol.